The van der Waals surface area contributed by atoms with Gasteiger partial charge in [-0.3, -0.25) is 4.79 Å². The zero-order chi connectivity index (χ0) is 13.1. The molecule has 0 radical (unpaired) electrons. The van der Waals surface area contributed by atoms with Crippen LogP contribution < -0.4 is 5.32 Å². The number of amides is 1. The SMILES string of the molecule is CC[C@H](NC(=O)c1cc2ccccc2[nH]1)C(=O)O. The van der Waals surface area contributed by atoms with Crippen molar-refractivity contribution in [1.82, 2.24) is 10.3 Å². The van der Waals surface area contributed by atoms with Gasteiger partial charge in [0.15, 0.2) is 0 Å². The minimum absolute atomic E-state index is 0.349. The Morgan fingerprint density at radius 3 is 2.72 bits per heavy atom. The van der Waals surface area contributed by atoms with Crippen molar-refractivity contribution in [2.75, 3.05) is 0 Å². The topological polar surface area (TPSA) is 82.2 Å². The van der Waals surface area contributed by atoms with Crippen molar-refractivity contribution in [1.29, 1.82) is 0 Å². The van der Waals surface area contributed by atoms with Crippen molar-refractivity contribution in [3.05, 3.63) is 36.0 Å². The van der Waals surface area contributed by atoms with E-state index in [0.717, 1.165) is 10.9 Å². The lowest BCUT2D eigenvalue weighted by atomic mass is 10.2. The summed E-state index contributed by atoms with van der Waals surface area (Å²) < 4.78 is 0. The van der Waals surface area contributed by atoms with Crippen LogP contribution in [0.5, 0.6) is 0 Å². The maximum absolute atomic E-state index is 11.9. The molecule has 3 N–H and O–H groups in total. The van der Waals surface area contributed by atoms with Gasteiger partial charge in [-0.15, -0.1) is 0 Å². The van der Waals surface area contributed by atoms with E-state index in [1.807, 2.05) is 24.3 Å². The Bertz CT molecular complexity index is 556. The highest BCUT2D eigenvalue weighted by Crippen LogP contribution is 2.14. The van der Waals surface area contributed by atoms with E-state index in [1.54, 1.807) is 13.0 Å². The van der Waals surface area contributed by atoms with Crippen molar-refractivity contribution < 1.29 is 14.7 Å². The lowest BCUT2D eigenvalue weighted by molar-refractivity contribution is -0.139. The van der Waals surface area contributed by atoms with Crippen LogP contribution in [0, 0.1) is 0 Å². The van der Waals surface area contributed by atoms with Gasteiger partial charge in [0.25, 0.3) is 5.91 Å². The number of carbonyl (C=O) groups is 2. The van der Waals surface area contributed by atoms with Gasteiger partial charge in [0, 0.05) is 10.9 Å². The number of benzene rings is 1. The lowest BCUT2D eigenvalue weighted by Gasteiger charge is -2.10. The number of hydrogen-bond acceptors (Lipinski definition) is 2. The first-order valence-corrected chi connectivity index (χ1v) is 5.73. The molecule has 1 heterocycles. The Hall–Kier alpha value is -2.30. The summed E-state index contributed by atoms with van der Waals surface area (Å²) in [6, 6.07) is 8.34. The van der Waals surface area contributed by atoms with Crippen LogP contribution in [0.25, 0.3) is 10.9 Å². The number of rotatable bonds is 4. The number of nitrogens with one attached hydrogen (secondary N) is 2. The molecular weight excluding hydrogens is 232 g/mol. The minimum Gasteiger partial charge on any atom is -0.480 e. The van der Waals surface area contributed by atoms with Gasteiger partial charge in [0.05, 0.1) is 0 Å². The number of hydrogen-bond donors (Lipinski definition) is 3. The van der Waals surface area contributed by atoms with Gasteiger partial charge in [-0.1, -0.05) is 25.1 Å². The molecular formula is C13H14N2O3. The first-order valence-electron chi connectivity index (χ1n) is 5.73. The van der Waals surface area contributed by atoms with Crippen molar-refractivity contribution in [2.45, 2.75) is 19.4 Å². The molecule has 1 amide bonds. The van der Waals surface area contributed by atoms with Gasteiger partial charge in [-0.25, -0.2) is 4.79 Å². The molecule has 0 aliphatic rings. The fourth-order valence-electron chi connectivity index (χ4n) is 1.77. The number of para-hydroxylation sites is 1. The van der Waals surface area contributed by atoms with E-state index in [9.17, 15) is 9.59 Å². The molecule has 0 bridgehead atoms. The molecule has 18 heavy (non-hydrogen) atoms. The predicted molar refractivity (Wildman–Crippen MR) is 67.5 cm³/mol. The molecule has 0 fully saturated rings. The zero-order valence-electron chi connectivity index (χ0n) is 9.93. The van der Waals surface area contributed by atoms with Crippen LogP contribution >= 0.6 is 0 Å². The first kappa shape index (κ1) is 12.2. The number of aromatic nitrogens is 1. The summed E-state index contributed by atoms with van der Waals surface area (Å²) in [4.78, 5) is 25.7. The maximum Gasteiger partial charge on any atom is 0.326 e. The van der Waals surface area contributed by atoms with Crippen molar-refractivity contribution in [3.8, 4) is 0 Å². The number of fused-ring (bicyclic) bond motifs is 1. The number of aromatic amines is 1. The Labute approximate surface area is 104 Å². The second kappa shape index (κ2) is 4.91. The molecule has 2 aromatic rings. The zero-order valence-corrected chi connectivity index (χ0v) is 9.93. The van der Waals surface area contributed by atoms with Gasteiger partial charge in [-0.2, -0.15) is 0 Å². The largest absolute Gasteiger partial charge is 0.480 e. The van der Waals surface area contributed by atoms with Crippen LogP contribution in [-0.2, 0) is 4.79 Å². The van der Waals surface area contributed by atoms with Gasteiger partial charge in [0.2, 0.25) is 0 Å². The van der Waals surface area contributed by atoms with Crippen LogP contribution in [0.15, 0.2) is 30.3 Å². The third-order valence-corrected chi connectivity index (χ3v) is 2.79. The normalized spacial score (nSPS) is 12.3. The molecule has 1 aromatic heterocycles. The Kier molecular flexibility index (Phi) is 3.32. The molecule has 1 atom stereocenters. The smallest absolute Gasteiger partial charge is 0.326 e. The molecule has 1 aromatic carbocycles. The van der Waals surface area contributed by atoms with E-state index in [-0.39, 0.29) is 0 Å². The number of carboxylic acid groups (broad SMARTS) is 1. The van der Waals surface area contributed by atoms with Crippen LogP contribution in [0.3, 0.4) is 0 Å². The average molecular weight is 246 g/mol. The molecule has 94 valence electrons. The Morgan fingerprint density at radius 1 is 1.39 bits per heavy atom. The quantitative estimate of drug-likeness (QED) is 0.768. The van der Waals surface area contributed by atoms with Gasteiger partial charge < -0.3 is 15.4 Å². The molecule has 0 aliphatic carbocycles. The second-order valence-corrected chi connectivity index (χ2v) is 4.04. The van der Waals surface area contributed by atoms with E-state index in [1.165, 1.54) is 0 Å². The third kappa shape index (κ3) is 2.34. The van der Waals surface area contributed by atoms with E-state index >= 15 is 0 Å². The number of carbonyl (C=O) groups excluding carboxylic acids is 1. The fourth-order valence-corrected chi connectivity index (χ4v) is 1.77. The highest BCUT2D eigenvalue weighted by molar-refractivity contribution is 5.99. The fraction of sp³-hybridized carbons (Fsp3) is 0.231. The minimum atomic E-state index is -1.03. The molecule has 0 saturated carbocycles. The maximum atomic E-state index is 11.9. The van der Waals surface area contributed by atoms with Crippen molar-refractivity contribution in [3.63, 3.8) is 0 Å². The molecule has 0 unspecified atom stereocenters. The number of carboxylic acids is 1. The molecule has 2 rings (SSSR count). The predicted octanol–water partition coefficient (Wildman–Crippen LogP) is 1.76. The standard InChI is InChI=1S/C13H14N2O3/c1-2-9(13(17)18)15-12(16)11-7-8-5-3-4-6-10(8)14-11/h3-7,9,14H,2H2,1H3,(H,15,16)(H,17,18)/t9-/m0/s1. The first-order chi connectivity index (χ1) is 8.61. The van der Waals surface area contributed by atoms with Crippen LogP contribution in [0.2, 0.25) is 0 Å². The van der Waals surface area contributed by atoms with E-state index < -0.39 is 17.9 Å². The van der Waals surface area contributed by atoms with Crippen molar-refractivity contribution in [2.24, 2.45) is 0 Å². The average Bonchev–Trinajstić information content (AvgIpc) is 2.79. The molecule has 0 aliphatic heterocycles. The lowest BCUT2D eigenvalue weighted by Crippen LogP contribution is -2.40. The Balaban J connectivity index is 2.20. The van der Waals surface area contributed by atoms with Crippen LogP contribution in [0.4, 0.5) is 0 Å². The summed E-state index contributed by atoms with van der Waals surface area (Å²) >= 11 is 0. The molecule has 0 spiro atoms. The van der Waals surface area contributed by atoms with Crippen LogP contribution in [-0.4, -0.2) is 28.0 Å². The highest BCUT2D eigenvalue weighted by Gasteiger charge is 2.19. The monoisotopic (exact) mass is 246 g/mol. The molecule has 0 saturated heterocycles. The Morgan fingerprint density at radius 2 is 2.11 bits per heavy atom. The molecule has 5 nitrogen and oxygen atoms in total. The van der Waals surface area contributed by atoms with Gasteiger partial charge in [-0.05, 0) is 18.6 Å². The van der Waals surface area contributed by atoms with Crippen LogP contribution in [0.1, 0.15) is 23.8 Å². The summed E-state index contributed by atoms with van der Waals surface area (Å²) in [6.07, 6.45) is 0.349. The van der Waals surface area contributed by atoms with E-state index in [2.05, 4.69) is 10.3 Å². The van der Waals surface area contributed by atoms with Gasteiger partial charge in [0.1, 0.15) is 11.7 Å². The van der Waals surface area contributed by atoms with E-state index in [0.29, 0.717) is 12.1 Å². The number of aliphatic carboxylic acids is 1. The highest BCUT2D eigenvalue weighted by atomic mass is 16.4. The second-order valence-electron chi connectivity index (χ2n) is 4.04. The summed E-state index contributed by atoms with van der Waals surface area (Å²) in [6.45, 7) is 1.71. The summed E-state index contributed by atoms with van der Waals surface area (Å²) in [5.74, 6) is -1.43. The third-order valence-electron chi connectivity index (χ3n) is 2.79. The van der Waals surface area contributed by atoms with Gasteiger partial charge >= 0.3 is 5.97 Å². The number of H-pyrrole nitrogens is 1. The molecule has 5 heteroatoms. The van der Waals surface area contributed by atoms with E-state index in [4.69, 9.17) is 5.11 Å². The summed E-state index contributed by atoms with van der Waals surface area (Å²) in [5.41, 5.74) is 1.22. The summed E-state index contributed by atoms with van der Waals surface area (Å²) in [7, 11) is 0. The van der Waals surface area contributed by atoms with Crippen molar-refractivity contribution >= 4 is 22.8 Å². The summed E-state index contributed by atoms with van der Waals surface area (Å²) in [5, 5.41) is 12.3.